The molecule has 0 aromatic heterocycles. The molecule has 1 heteroatoms. The summed E-state index contributed by atoms with van der Waals surface area (Å²) in [7, 11) is 0. The number of hydrogen-bond acceptors (Lipinski definition) is 0. The fourth-order valence-corrected chi connectivity index (χ4v) is 2.70. The van der Waals surface area contributed by atoms with Crippen LogP contribution in [-0.4, -0.2) is 0 Å². The summed E-state index contributed by atoms with van der Waals surface area (Å²) in [6.07, 6.45) is 5.72. The van der Waals surface area contributed by atoms with Gasteiger partial charge in [-0.05, 0) is 48.1 Å². The molecule has 2 aromatic carbocycles. The minimum atomic E-state index is 0. The van der Waals surface area contributed by atoms with Gasteiger partial charge in [0.05, 0.1) is 0 Å². The van der Waals surface area contributed by atoms with Crippen LogP contribution in [0.25, 0.3) is 6.08 Å². The second-order valence-corrected chi connectivity index (χ2v) is 5.22. The van der Waals surface area contributed by atoms with Crippen molar-refractivity contribution >= 4 is 6.08 Å². The molecule has 0 spiro atoms. The molecule has 1 atom stereocenters. The first-order valence-electron chi connectivity index (χ1n) is 6.57. The van der Waals surface area contributed by atoms with E-state index in [2.05, 4.69) is 68.5 Å². The molecule has 0 saturated carbocycles. The van der Waals surface area contributed by atoms with E-state index in [0.717, 1.165) is 6.42 Å². The molecule has 1 aliphatic rings. The van der Waals surface area contributed by atoms with Crippen molar-refractivity contribution < 1.29 is 25.8 Å². The van der Waals surface area contributed by atoms with Crippen LogP contribution in [-0.2, 0) is 32.3 Å². The quantitative estimate of drug-likeness (QED) is 0.630. The van der Waals surface area contributed by atoms with Gasteiger partial charge in [-0.1, -0.05) is 54.6 Å². The first-order chi connectivity index (χ1) is 8.74. The van der Waals surface area contributed by atoms with E-state index in [0.29, 0.717) is 5.92 Å². The Kier molecular flexibility index (Phi) is 4.57. The average Bonchev–Trinajstić information content (AvgIpc) is 2.74. The van der Waals surface area contributed by atoms with Crippen molar-refractivity contribution in [1.29, 1.82) is 0 Å². The van der Waals surface area contributed by atoms with E-state index < -0.39 is 0 Å². The Hall–Kier alpha value is -0.950. The zero-order chi connectivity index (χ0) is 12.5. The van der Waals surface area contributed by atoms with Crippen LogP contribution in [0.4, 0.5) is 0 Å². The third-order valence-corrected chi connectivity index (χ3v) is 3.91. The molecule has 2 aromatic rings. The van der Waals surface area contributed by atoms with Crippen LogP contribution in [0.3, 0.4) is 0 Å². The van der Waals surface area contributed by atoms with Gasteiger partial charge in [-0.15, -0.1) is 0 Å². The van der Waals surface area contributed by atoms with Crippen molar-refractivity contribution in [3.8, 4) is 0 Å². The van der Waals surface area contributed by atoms with Crippen LogP contribution in [0.1, 0.15) is 33.7 Å². The predicted octanol–water partition coefficient (Wildman–Crippen LogP) is 4.65. The first kappa shape index (κ1) is 14.5. The molecule has 0 N–H and O–H groups in total. The molecule has 1 unspecified atom stereocenters. The zero-order valence-electron chi connectivity index (χ0n) is 11.5. The van der Waals surface area contributed by atoms with Crippen molar-refractivity contribution in [3.05, 3.63) is 76.4 Å². The van der Waals surface area contributed by atoms with E-state index >= 15 is 0 Å². The van der Waals surface area contributed by atoms with E-state index in [9.17, 15) is 0 Å². The van der Waals surface area contributed by atoms with Gasteiger partial charge < -0.3 is 0 Å². The van der Waals surface area contributed by atoms with Gasteiger partial charge in [-0.2, -0.15) is 0 Å². The molecule has 1 aliphatic carbocycles. The van der Waals surface area contributed by atoms with E-state index in [1.807, 2.05) is 0 Å². The van der Waals surface area contributed by atoms with Gasteiger partial charge in [0, 0.05) is 31.8 Å². The van der Waals surface area contributed by atoms with Gasteiger partial charge in [0.2, 0.25) is 0 Å². The molecule has 3 rings (SSSR count). The number of rotatable bonds is 2. The second-order valence-electron chi connectivity index (χ2n) is 5.22. The summed E-state index contributed by atoms with van der Waals surface area (Å²) < 4.78 is 0. The van der Waals surface area contributed by atoms with Gasteiger partial charge in [0.1, 0.15) is 0 Å². The predicted molar refractivity (Wildman–Crippen MR) is 77.8 cm³/mol. The summed E-state index contributed by atoms with van der Waals surface area (Å²) in [6.45, 7) is 4.39. The smallest absolute Gasteiger partial charge is 0.00677 e. The summed E-state index contributed by atoms with van der Waals surface area (Å²) in [5.74, 6) is 0.543. The van der Waals surface area contributed by atoms with Gasteiger partial charge >= 0.3 is 0 Å². The number of allylic oxidation sites excluding steroid dienone is 1. The minimum absolute atomic E-state index is 0. The first-order valence-corrected chi connectivity index (χ1v) is 6.57. The van der Waals surface area contributed by atoms with Crippen LogP contribution in [0.2, 0.25) is 0 Å². The summed E-state index contributed by atoms with van der Waals surface area (Å²) in [4.78, 5) is 0. The van der Waals surface area contributed by atoms with Crippen LogP contribution < -0.4 is 0 Å². The summed E-state index contributed by atoms with van der Waals surface area (Å²) >= 11 is 0. The second kappa shape index (κ2) is 6.00. The molecular formula is C18H18Hf. The van der Waals surface area contributed by atoms with Gasteiger partial charge in [-0.3, -0.25) is 0 Å². The van der Waals surface area contributed by atoms with Crippen LogP contribution in [0.5, 0.6) is 0 Å². The number of aryl methyl sites for hydroxylation is 2. The Balaban J connectivity index is 0.00000133. The largest absolute Gasteiger partial charge is 0.0760 e. The number of benzene rings is 2. The Morgan fingerprint density at radius 1 is 0.947 bits per heavy atom. The van der Waals surface area contributed by atoms with E-state index in [-0.39, 0.29) is 25.8 Å². The topological polar surface area (TPSA) is 0 Å². The standard InChI is InChI=1S/C18H18.Hf/c1-13-10-16-8-9-17(18(16)11-14(13)2)12-15-6-4-3-5-7-15;/h3-11,17H,12H2,1-2H3;. The van der Waals surface area contributed by atoms with Gasteiger partial charge in [0.25, 0.3) is 0 Å². The zero-order valence-corrected chi connectivity index (χ0v) is 15.1. The molecular weight excluding hydrogens is 395 g/mol. The molecule has 19 heavy (non-hydrogen) atoms. The summed E-state index contributed by atoms with van der Waals surface area (Å²) in [5.41, 5.74) is 7.09. The number of hydrogen-bond donors (Lipinski definition) is 0. The number of fused-ring (bicyclic) bond motifs is 1. The summed E-state index contributed by atoms with van der Waals surface area (Å²) in [6, 6.07) is 15.4. The van der Waals surface area contributed by atoms with E-state index in [1.54, 1.807) is 0 Å². The van der Waals surface area contributed by atoms with Crippen molar-refractivity contribution in [3.63, 3.8) is 0 Å². The third kappa shape index (κ3) is 2.97. The average molecular weight is 413 g/mol. The fraction of sp³-hybridized carbons (Fsp3) is 0.222. The third-order valence-electron chi connectivity index (χ3n) is 3.91. The molecule has 0 nitrogen and oxygen atoms in total. The Labute approximate surface area is 134 Å². The van der Waals surface area contributed by atoms with E-state index in [4.69, 9.17) is 0 Å². The molecule has 94 valence electrons. The van der Waals surface area contributed by atoms with Crippen molar-refractivity contribution in [2.75, 3.05) is 0 Å². The Morgan fingerprint density at radius 3 is 2.37 bits per heavy atom. The molecule has 0 amide bonds. The van der Waals surface area contributed by atoms with Crippen LogP contribution in [0, 0.1) is 13.8 Å². The molecule has 0 bridgehead atoms. The van der Waals surface area contributed by atoms with Crippen molar-refractivity contribution in [1.82, 2.24) is 0 Å². The van der Waals surface area contributed by atoms with Crippen LogP contribution >= 0.6 is 0 Å². The Morgan fingerprint density at radius 2 is 1.63 bits per heavy atom. The van der Waals surface area contributed by atoms with Gasteiger partial charge in [-0.25, -0.2) is 0 Å². The van der Waals surface area contributed by atoms with Crippen molar-refractivity contribution in [2.45, 2.75) is 26.2 Å². The maximum absolute atomic E-state index is 2.36. The normalized spacial score (nSPS) is 16.0. The molecule has 0 fully saturated rings. The maximum atomic E-state index is 2.36. The van der Waals surface area contributed by atoms with Crippen LogP contribution in [0.15, 0.2) is 48.5 Å². The minimum Gasteiger partial charge on any atom is -0.0760 e. The molecule has 0 heterocycles. The molecule has 0 radical (unpaired) electrons. The van der Waals surface area contributed by atoms with Crippen molar-refractivity contribution in [2.24, 2.45) is 0 Å². The molecule has 0 aliphatic heterocycles. The monoisotopic (exact) mass is 414 g/mol. The maximum Gasteiger partial charge on any atom is 0.00677 e. The summed E-state index contributed by atoms with van der Waals surface area (Å²) in [5, 5.41) is 0. The SMILES string of the molecule is Cc1cc2c(cc1C)C(Cc1ccccc1)C=C2.[Hf]. The molecule has 0 saturated heterocycles. The van der Waals surface area contributed by atoms with Gasteiger partial charge in [0.15, 0.2) is 0 Å². The van der Waals surface area contributed by atoms with E-state index in [1.165, 1.54) is 27.8 Å². The fourth-order valence-electron chi connectivity index (χ4n) is 2.70. The Bertz CT molecular complexity index is 597.